The van der Waals surface area contributed by atoms with E-state index in [0.29, 0.717) is 12.5 Å². The molecule has 2 heteroatoms. The van der Waals surface area contributed by atoms with Crippen LogP contribution < -0.4 is 10.1 Å². The molecule has 0 spiro atoms. The Morgan fingerprint density at radius 2 is 1.80 bits per heavy atom. The van der Waals surface area contributed by atoms with Gasteiger partial charge in [0.15, 0.2) is 0 Å². The van der Waals surface area contributed by atoms with Gasteiger partial charge in [-0.25, -0.2) is 0 Å². The molecule has 0 amide bonds. The van der Waals surface area contributed by atoms with Crippen LogP contribution in [0.1, 0.15) is 23.5 Å². The van der Waals surface area contributed by atoms with Crippen LogP contribution in [0.4, 0.5) is 0 Å². The second-order valence-corrected chi connectivity index (χ2v) is 5.18. The van der Waals surface area contributed by atoms with E-state index in [1.54, 1.807) is 0 Å². The molecule has 3 rings (SSSR count). The summed E-state index contributed by atoms with van der Waals surface area (Å²) in [4.78, 5) is 0. The van der Waals surface area contributed by atoms with Crippen LogP contribution in [-0.2, 0) is 6.61 Å². The van der Waals surface area contributed by atoms with E-state index in [2.05, 4.69) is 48.1 Å². The summed E-state index contributed by atoms with van der Waals surface area (Å²) in [7, 11) is 0. The van der Waals surface area contributed by atoms with Crippen LogP contribution in [0.25, 0.3) is 0 Å². The molecule has 0 saturated carbocycles. The third-order valence-electron chi connectivity index (χ3n) is 3.74. The summed E-state index contributed by atoms with van der Waals surface area (Å²) in [5, 5.41) is 3.35. The first-order valence-electron chi connectivity index (χ1n) is 7.22. The van der Waals surface area contributed by atoms with Gasteiger partial charge in [-0.15, -0.1) is 0 Å². The SMILES string of the molecule is [CH]1CNCCC1c1ccc(OCc2ccccc2)cc1. The number of rotatable bonds is 4. The number of hydrogen-bond donors (Lipinski definition) is 1. The maximum Gasteiger partial charge on any atom is 0.119 e. The van der Waals surface area contributed by atoms with E-state index >= 15 is 0 Å². The second-order valence-electron chi connectivity index (χ2n) is 5.18. The Bertz CT molecular complexity index is 515. The van der Waals surface area contributed by atoms with Crippen molar-refractivity contribution < 1.29 is 4.74 Å². The third kappa shape index (κ3) is 3.40. The van der Waals surface area contributed by atoms with Crippen molar-refractivity contribution in [3.8, 4) is 5.75 Å². The van der Waals surface area contributed by atoms with Crippen LogP contribution in [0.5, 0.6) is 5.75 Å². The van der Waals surface area contributed by atoms with Crippen molar-refractivity contribution in [2.45, 2.75) is 18.9 Å². The molecule has 1 aliphatic heterocycles. The first-order chi connectivity index (χ1) is 9.92. The first kappa shape index (κ1) is 13.2. The van der Waals surface area contributed by atoms with Gasteiger partial charge in [-0.2, -0.15) is 0 Å². The Kier molecular flexibility index (Phi) is 4.34. The molecular weight excluding hydrogens is 246 g/mol. The maximum atomic E-state index is 5.81. The Labute approximate surface area is 120 Å². The van der Waals surface area contributed by atoms with E-state index in [4.69, 9.17) is 4.74 Å². The van der Waals surface area contributed by atoms with E-state index in [-0.39, 0.29) is 0 Å². The largest absolute Gasteiger partial charge is 0.489 e. The smallest absolute Gasteiger partial charge is 0.119 e. The van der Waals surface area contributed by atoms with Crippen molar-refractivity contribution in [2.24, 2.45) is 0 Å². The monoisotopic (exact) mass is 266 g/mol. The van der Waals surface area contributed by atoms with Crippen molar-refractivity contribution in [3.63, 3.8) is 0 Å². The van der Waals surface area contributed by atoms with Crippen molar-refractivity contribution in [1.29, 1.82) is 0 Å². The quantitative estimate of drug-likeness (QED) is 0.914. The van der Waals surface area contributed by atoms with Gasteiger partial charge >= 0.3 is 0 Å². The third-order valence-corrected chi connectivity index (χ3v) is 3.74. The van der Waals surface area contributed by atoms with Gasteiger partial charge in [0.2, 0.25) is 0 Å². The number of piperidine rings is 1. The van der Waals surface area contributed by atoms with E-state index < -0.39 is 0 Å². The zero-order valence-corrected chi connectivity index (χ0v) is 11.6. The zero-order chi connectivity index (χ0) is 13.6. The summed E-state index contributed by atoms with van der Waals surface area (Å²) in [5.74, 6) is 1.52. The molecule has 2 nitrogen and oxygen atoms in total. The molecule has 2 aromatic carbocycles. The van der Waals surface area contributed by atoms with E-state index in [0.717, 1.165) is 18.8 Å². The van der Waals surface area contributed by atoms with Gasteiger partial charge < -0.3 is 10.1 Å². The van der Waals surface area contributed by atoms with Crippen LogP contribution in [0, 0.1) is 6.42 Å². The van der Waals surface area contributed by atoms with Crippen LogP contribution >= 0.6 is 0 Å². The van der Waals surface area contributed by atoms with Crippen molar-refractivity contribution in [2.75, 3.05) is 13.1 Å². The highest BCUT2D eigenvalue weighted by molar-refractivity contribution is 5.31. The fraction of sp³-hybridized carbons (Fsp3) is 0.278. The summed E-state index contributed by atoms with van der Waals surface area (Å²) in [5.41, 5.74) is 2.59. The highest BCUT2D eigenvalue weighted by atomic mass is 16.5. The summed E-state index contributed by atoms with van der Waals surface area (Å²) >= 11 is 0. The molecule has 2 aromatic rings. The topological polar surface area (TPSA) is 21.3 Å². The summed E-state index contributed by atoms with van der Waals surface area (Å²) in [6, 6.07) is 18.8. The van der Waals surface area contributed by atoms with Crippen LogP contribution in [0.2, 0.25) is 0 Å². The highest BCUT2D eigenvalue weighted by Crippen LogP contribution is 2.26. The van der Waals surface area contributed by atoms with Crippen LogP contribution in [0.3, 0.4) is 0 Å². The Hall–Kier alpha value is -1.80. The standard InChI is InChI=1S/C18H20NO/c1-2-4-15(5-3-1)14-20-18-8-6-16(7-9-18)17-10-12-19-13-11-17/h1-10,17,19H,11-14H2. The lowest BCUT2D eigenvalue weighted by Crippen LogP contribution is -2.27. The second kappa shape index (κ2) is 6.58. The van der Waals surface area contributed by atoms with Gasteiger partial charge in [-0.1, -0.05) is 42.5 Å². The lowest BCUT2D eigenvalue weighted by molar-refractivity contribution is 0.306. The van der Waals surface area contributed by atoms with Gasteiger partial charge in [0.25, 0.3) is 0 Å². The lowest BCUT2D eigenvalue weighted by Gasteiger charge is -2.22. The normalized spacial score (nSPS) is 16.0. The van der Waals surface area contributed by atoms with Crippen molar-refractivity contribution >= 4 is 0 Å². The van der Waals surface area contributed by atoms with Gasteiger partial charge in [-0.05, 0) is 55.1 Å². The molecule has 1 heterocycles. The average molecular weight is 266 g/mol. The molecule has 1 saturated heterocycles. The molecule has 20 heavy (non-hydrogen) atoms. The highest BCUT2D eigenvalue weighted by Gasteiger charge is 2.15. The summed E-state index contributed by atoms with van der Waals surface area (Å²) < 4.78 is 5.81. The molecule has 0 aromatic heterocycles. The Balaban J connectivity index is 1.58. The molecule has 1 N–H and O–H groups in total. The molecule has 1 aliphatic rings. The zero-order valence-electron chi connectivity index (χ0n) is 11.6. The van der Waals surface area contributed by atoms with Gasteiger partial charge in [0.05, 0.1) is 0 Å². The minimum absolute atomic E-state index is 0.583. The maximum absolute atomic E-state index is 5.81. The fourth-order valence-electron chi connectivity index (χ4n) is 2.56. The Morgan fingerprint density at radius 3 is 2.50 bits per heavy atom. The van der Waals surface area contributed by atoms with Crippen molar-refractivity contribution in [1.82, 2.24) is 5.32 Å². The molecule has 1 radical (unpaired) electrons. The number of ether oxygens (including phenoxy) is 1. The van der Waals surface area contributed by atoms with E-state index in [1.807, 2.05) is 18.2 Å². The predicted molar refractivity (Wildman–Crippen MR) is 81.7 cm³/mol. The molecule has 0 aliphatic carbocycles. The van der Waals surface area contributed by atoms with Gasteiger partial charge in [-0.3, -0.25) is 0 Å². The summed E-state index contributed by atoms with van der Waals surface area (Å²) in [6.45, 7) is 2.74. The first-order valence-corrected chi connectivity index (χ1v) is 7.22. The molecule has 1 unspecified atom stereocenters. The van der Waals surface area contributed by atoms with E-state index in [9.17, 15) is 0 Å². The lowest BCUT2D eigenvalue weighted by atomic mass is 9.90. The molecule has 103 valence electrons. The van der Waals surface area contributed by atoms with Crippen LogP contribution in [0.15, 0.2) is 54.6 Å². The Morgan fingerprint density at radius 1 is 1.00 bits per heavy atom. The predicted octanol–water partition coefficient (Wildman–Crippen LogP) is 3.55. The average Bonchev–Trinajstić information content (AvgIpc) is 2.55. The fourth-order valence-corrected chi connectivity index (χ4v) is 2.56. The molecular formula is C18H20NO. The van der Waals surface area contributed by atoms with Crippen molar-refractivity contribution in [3.05, 3.63) is 72.1 Å². The minimum atomic E-state index is 0.583. The molecule has 1 atom stereocenters. The molecule has 0 bridgehead atoms. The van der Waals surface area contributed by atoms with Gasteiger partial charge in [0.1, 0.15) is 12.4 Å². The number of benzene rings is 2. The van der Waals surface area contributed by atoms with Gasteiger partial charge in [0, 0.05) is 0 Å². The number of hydrogen-bond acceptors (Lipinski definition) is 2. The van der Waals surface area contributed by atoms with E-state index in [1.165, 1.54) is 17.5 Å². The van der Waals surface area contributed by atoms with Crippen LogP contribution in [-0.4, -0.2) is 13.1 Å². The molecule has 1 fully saturated rings. The number of nitrogens with one attached hydrogen (secondary N) is 1. The minimum Gasteiger partial charge on any atom is -0.489 e. The summed E-state index contributed by atoms with van der Waals surface area (Å²) in [6.07, 6.45) is 3.54.